The highest BCUT2D eigenvalue weighted by molar-refractivity contribution is 4.94. The van der Waals surface area contributed by atoms with Crippen LogP contribution >= 0.6 is 0 Å². The second-order valence-corrected chi connectivity index (χ2v) is 6.02. The molecule has 2 unspecified atom stereocenters. The van der Waals surface area contributed by atoms with Gasteiger partial charge < -0.3 is 14.8 Å². The molecule has 0 radical (unpaired) electrons. The van der Waals surface area contributed by atoms with Crippen molar-refractivity contribution < 1.29 is 9.47 Å². The van der Waals surface area contributed by atoms with E-state index < -0.39 is 0 Å². The summed E-state index contributed by atoms with van der Waals surface area (Å²) in [5, 5.41) is 3.53. The number of rotatable bonds is 6. The van der Waals surface area contributed by atoms with E-state index >= 15 is 0 Å². The van der Waals surface area contributed by atoms with Gasteiger partial charge in [0, 0.05) is 26.4 Å². The molecule has 2 fully saturated rings. The smallest absolute Gasteiger partial charge is 0.0685 e. The van der Waals surface area contributed by atoms with Crippen LogP contribution in [0.1, 0.15) is 51.4 Å². The minimum absolute atomic E-state index is 0.249. The maximum Gasteiger partial charge on any atom is 0.0685 e. The molecule has 1 saturated carbocycles. The average molecular weight is 255 g/mol. The van der Waals surface area contributed by atoms with Crippen molar-refractivity contribution in [3.8, 4) is 0 Å². The molecule has 1 N–H and O–H groups in total. The average Bonchev–Trinajstić information content (AvgIpc) is 2.83. The molecule has 3 nitrogen and oxygen atoms in total. The number of hydrogen-bond donors (Lipinski definition) is 1. The van der Waals surface area contributed by atoms with Crippen molar-refractivity contribution >= 4 is 0 Å². The van der Waals surface area contributed by atoms with Crippen molar-refractivity contribution in [3.63, 3.8) is 0 Å². The van der Waals surface area contributed by atoms with Crippen molar-refractivity contribution in [2.75, 3.05) is 27.4 Å². The summed E-state index contributed by atoms with van der Waals surface area (Å²) in [6.45, 7) is 1.85. The first-order chi connectivity index (χ1) is 8.79. The molecular formula is C15H29NO2. The van der Waals surface area contributed by atoms with Crippen molar-refractivity contribution in [2.24, 2.45) is 5.92 Å². The fraction of sp³-hybridized carbons (Fsp3) is 1.00. The Labute approximate surface area is 112 Å². The summed E-state index contributed by atoms with van der Waals surface area (Å²) in [5.74, 6) is 0.790. The molecule has 2 rings (SSSR count). The number of methoxy groups -OCH3 is 1. The Hall–Kier alpha value is -0.120. The highest BCUT2D eigenvalue weighted by atomic mass is 16.5. The van der Waals surface area contributed by atoms with Gasteiger partial charge in [-0.3, -0.25) is 0 Å². The summed E-state index contributed by atoms with van der Waals surface area (Å²) in [7, 11) is 3.89. The molecule has 18 heavy (non-hydrogen) atoms. The summed E-state index contributed by atoms with van der Waals surface area (Å²) in [4.78, 5) is 0. The zero-order valence-corrected chi connectivity index (χ0v) is 12.0. The predicted molar refractivity (Wildman–Crippen MR) is 73.8 cm³/mol. The molecule has 2 aliphatic rings. The number of hydrogen-bond acceptors (Lipinski definition) is 3. The van der Waals surface area contributed by atoms with E-state index in [4.69, 9.17) is 9.47 Å². The topological polar surface area (TPSA) is 30.5 Å². The summed E-state index contributed by atoms with van der Waals surface area (Å²) in [6.07, 6.45) is 10.2. The predicted octanol–water partition coefficient (Wildman–Crippen LogP) is 2.74. The van der Waals surface area contributed by atoms with Gasteiger partial charge in [-0.1, -0.05) is 12.8 Å². The SMILES string of the molecule is CNC(CCCOC)C1CCOC2(CCCC2)C1. The van der Waals surface area contributed by atoms with E-state index in [0.29, 0.717) is 6.04 Å². The highest BCUT2D eigenvalue weighted by Gasteiger charge is 2.41. The third kappa shape index (κ3) is 3.46. The third-order valence-electron chi connectivity index (χ3n) is 4.85. The van der Waals surface area contributed by atoms with E-state index in [1.165, 1.54) is 44.9 Å². The van der Waals surface area contributed by atoms with Gasteiger partial charge >= 0.3 is 0 Å². The molecule has 0 bridgehead atoms. The normalized spacial score (nSPS) is 28.7. The van der Waals surface area contributed by atoms with Gasteiger partial charge in [-0.15, -0.1) is 0 Å². The quantitative estimate of drug-likeness (QED) is 0.740. The van der Waals surface area contributed by atoms with Crippen LogP contribution in [-0.4, -0.2) is 39.0 Å². The highest BCUT2D eigenvalue weighted by Crippen LogP contribution is 2.43. The zero-order chi connectivity index (χ0) is 12.8. The van der Waals surface area contributed by atoms with Gasteiger partial charge in [-0.25, -0.2) is 0 Å². The molecular weight excluding hydrogens is 226 g/mol. The largest absolute Gasteiger partial charge is 0.385 e. The lowest BCUT2D eigenvalue weighted by Gasteiger charge is -2.41. The molecule has 1 aliphatic carbocycles. The van der Waals surface area contributed by atoms with Crippen molar-refractivity contribution in [1.29, 1.82) is 0 Å². The molecule has 106 valence electrons. The molecule has 2 atom stereocenters. The van der Waals surface area contributed by atoms with Crippen LogP contribution in [0.25, 0.3) is 0 Å². The molecule has 1 spiro atoms. The van der Waals surface area contributed by atoms with Crippen LogP contribution in [0.3, 0.4) is 0 Å². The Morgan fingerprint density at radius 3 is 2.83 bits per heavy atom. The van der Waals surface area contributed by atoms with Crippen LogP contribution in [0.2, 0.25) is 0 Å². The second kappa shape index (κ2) is 6.88. The van der Waals surface area contributed by atoms with Gasteiger partial charge in [0.15, 0.2) is 0 Å². The van der Waals surface area contributed by atoms with Gasteiger partial charge in [-0.2, -0.15) is 0 Å². The van der Waals surface area contributed by atoms with E-state index in [2.05, 4.69) is 12.4 Å². The fourth-order valence-corrected chi connectivity index (χ4v) is 3.84. The Kier molecular flexibility index (Phi) is 5.46. The lowest BCUT2D eigenvalue weighted by molar-refractivity contribution is -0.0981. The van der Waals surface area contributed by atoms with Gasteiger partial charge in [0.05, 0.1) is 5.60 Å². The lowest BCUT2D eigenvalue weighted by Crippen LogP contribution is -2.44. The van der Waals surface area contributed by atoms with Crippen molar-refractivity contribution in [3.05, 3.63) is 0 Å². The minimum atomic E-state index is 0.249. The Bertz CT molecular complexity index is 239. The van der Waals surface area contributed by atoms with Crippen LogP contribution in [-0.2, 0) is 9.47 Å². The first-order valence-electron chi connectivity index (χ1n) is 7.60. The summed E-state index contributed by atoms with van der Waals surface area (Å²) in [6, 6.07) is 0.640. The monoisotopic (exact) mass is 255 g/mol. The third-order valence-corrected chi connectivity index (χ3v) is 4.85. The number of nitrogens with one attached hydrogen (secondary N) is 1. The van der Waals surface area contributed by atoms with E-state index in [9.17, 15) is 0 Å². The van der Waals surface area contributed by atoms with E-state index in [1.54, 1.807) is 7.11 Å². The van der Waals surface area contributed by atoms with Crippen LogP contribution in [0.5, 0.6) is 0 Å². The second-order valence-electron chi connectivity index (χ2n) is 6.02. The lowest BCUT2D eigenvalue weighted by atomic mass is 9.79. The van der Waals surface area contributed by atoms with Gasteiger partial charge in [0.1, 0.15) is 0 Å². The summed E-state index contributed by atoms with van der Waals surface area (Å²) < 4.78 is 11.3. The van der Waals surface area contributed by atoms with Crippen molar-refractivity contribution in [2.45, 2.75) is 63.0 Å². The molecule has 3 heteroatoms. The van der Waals surface area contributed by atoms with Gasteiger partial charge in [-0.05, 0) is 51.5 Å². The van der Waals surface area contributed by atoms with Crippen LogP contribution in [0.15, 0.2) is 0 Å². The van der Waals surface area contributed by atoms with E-state index in [0.717, 1.165) is 25.6 Å². The van der Waals surface area contributed by atoms with Gasteiger partial charge in [0.2, 0.25) is 0 Å². The molecule has 1 saturated heterocycles. The molecule has 0 aromatic carbocycles. The first kappa shape index (κ1) is 14.3. The number of ether oxygens (including phenoxy) is 2. The molecule has 0 aromatic heterocycles. The summed E-state index contributed by atoms with van der Waals surface area (Å²) >= 11 is 0. The minimum Gasteiger partial charge on any atom is -0.385 e. The molecule has 0 aromatic rings. The van der Waals surface area contributed by atoms with Crippen LogP contribution in [0.4, 0.5) is 0 Å². The zero-order valence-electron chi connectivity index (χ0n) is 12.0. The maximum absolute atomic E-state index is 6.12. The van der Waals surface area contributed by atoms with Gasteiger partial charge in [0.25, 0.3) is 0 Å². The molecule has 1 aliphatic heterocycles. The Morgan fingerprint density at radius 1 is 1.39 bits per heavy atom. The standard InChI is InChI=1S/C15H29NO2/c1-16-14(6-5-10-17-2)13-7-11-18-15(12-13)8-3-4-9-15/h13-14,16H,3-12H2,1-2H3. The van der Waals surface area contributed by atoms with E-state index in [-0.39, 0.29) is 5.60 Å². The van der Waals surface area contributed by atoms with Crippen LogP contribution < -0.4 is 5.32 Å². The molecule has 1 heterocycles. The first-order valence-corrected chi connectivity index (χ1v) is 7.60. The summed E-state index contributed by atoms with van der Waals surface area (Å²) in [5.41, 5.74) is 0.249. The maximum atomic E-state index is 6.12. The fourth-order valence-electron chi connectivity index (χ4n) is 3.84. The molecule has 0 amide bonds. The van der Waals surface area contributed by atoms with E-state index in [1.807, 2.05) is 0 Å². The Morgan fingerprint density at radius 2 is 2.17 bits per heavy atom. The Balaban J connectivity index is 1.85. The van der Waals surface area contributed by atoms with Crippen molar-refractivity contribution in [1.82, 2.24) is 5.32 Å². The van der Waals surface area contributed by atoms with Crippen LogP contribution in [0, 0.1) is 5.92 Å².